The molecule has 0 radical (unpaired) electrons. The molecule has 7 heteroatoms. The van der Waals surface area contributed by atoms with Crippen molar-refractivity contribution >= 4 is 17.4 Å². The summed E-state index contributed by atoms with van der Waals surface area (Å²) in [4.78, 5) is 29.8. The zero-order valence-corrected chi connectivity index (χ0v) is 20.5. The highest BCUT2D eigenvalue weighted by molar-refractivity contribution is 6.46. The van der Waals surface area contributed by atoms with Crippen molar-refractivity contribution in [2.75, 3.05) is 26.2 Å². The van der Waals surface area contributed by atoms with Crippen LogP contribution in [-0.4, -0.2) is 52.8 Å². The van der Waals surface area contributed by atoms with E-state index < -0.39 is 35.1 Å². The molecule has 1 saturated heterocycles. The first-order chi connectivity index (χ1) is 16.9. The van der Waals surface area contributed by atoms with Gasteiger partial charge >= 0.3 is 0 Å². The van der Waals surface area contributed by atoms with Gasteiger partial charge in [0.05, 0.1) is 11.6 Å². The normalized spacial score (nSPS) is 17.5. The van der Waals surface area contributed by atoms with Crippen molar-refractivity contribution in [1.29, 1.82) is 0 Å². The molecule has 35 heavy (non-hydrogen) atoms. The standard InChI is InChI=1S/C28H34F2N2O3/c1-3-5-16-31(17-6-4-2)18-9-19-32-25(22-10-7-8-11-23(22)30)24(27(34)28(32)35)26(33)20-12-14-21(29)15-13-20/h7-8,10-15,25,33H,3-6,9,16-19H2,1-2H3/t25-/m1/s1. The Kier molecular flexibility index (Phi) is 9.55. The Morgan fingerprint density at radius 3 is 2.11 bits per heavy atom. The largest absolute Gasteiger partial charge is 0.507 e. The number of benzene rings is 2. The molecule has 1 aliphatic heterocycles. The summed E-state index contributed by atoms with van der Waals surface area (Å²) in [5, 5.41) is 11.0. The minimum Gasteiger partial charge on any atom is -0.507 e. The Labute approximate surface area is 206 Å². The second-order valence-electron chi connectivity index (χ2n) is 8.92. The molecule has 3 rings (SSSR count). The third kappa shape index (κ3) is 6.34. The Morgan fingerprint density at radius 1 is 0.914 bits per heavy atom. The van der Waals surface area contributed by atoms with E-state index in [1.54, 1.807) is 6.07 Å². The number of nitrogens with zero attached hydrogens (tertiary/aromatic N) is 2. The second-order valence-corrected chi connectivity index (χ2v) is 8.92. The third-order valence-corrected chi connectivity index (χ3v) is 6.39. The highest BCUT2D eigenvalue weighted by Crippen LogP contribution is 2.40. The Hall–Kier alpha value is -3.06. The summed E-state index contributed by atoms with van der Waals surface area (Å²) in [6.07, 6.45) is 4.96. The molecular formula is C28H34F2N2O3. The van der Waals surface area contributed by atoms with Crippen LogP contribution in [0.25, 0.3) is 5.76 Å². The van der Waals surface area contributed by atoms with E-state index in [9.17, 15) is 23.5 Å². The Balaban J connectivity index is 1.92. The van der Waals surface area contributed by atoms with E-state index in [0.717, 1.165) is 57.5 Å². The van der Waals surface area contributed by atoms with E-state index >= 15 is 0 Å². The number of likely N-dealkylation sites (tertiary alicyclic amines) is 1. The van der Waals surface area contributed by atoms with Gasteiger partial charge in [-0.05, 0) is 69.2 Å². The fourth-order valence-corrected chi connectivity index (χ4v) is 4.46. The minimum atomic E-state index is -1.05. The molecule has 0 aromatic heterocycles. The number of ketones is 1. The van der Waals surface area contributed by atoms with Crippen LogP contribution in [-0.2, 0) is 9.59 Å². The van der Waals surface area contributed by atoms with Crippen LogP contribution in [0.2, 0.25) is 0 Å². The van der Waals surface area contributed by atoms with E-state index in [2.05, 4.69) is 18.7 Å². The summed E-state index contributed by atoms with van der Waals surface area (Å²) >= 11 is 0. The zero-order valence-electron chi connectivity index (χ0n) is 20.5. The molecule has 0 spiro atoms. The molecule has 2 aromatic rings. The third-order valence-electron chi connectivity index (χ3n) is 6.39. The van der Waals surface area contributed by atoms with Crippen molar-refractivity contribution < 1.29 is 23.5 Å². The lowest BCUT2D eigenvalue weighted by Crippen LogP contribution is -2.34. The number of aliphatic hydroxyl groups is 1. The first-order valence-corrected chi connectivity index (χ1v) is 12.4. The number of carbonyl (C=O) groups is 2. The zero-order chi connectivity index (χ0) is 25.4. The average molecular weight is 485 g/mol. The van der Waals surface area contributed by atoms with E-state index in [-0.39, 0.29) is 23.2 Å². The number of aliphatic hydroxyl groups excluding tert-OH is 1. The van der Waals surface area contributed by atoms with Crippen LogP contribution >= 0.6 is 0 Å². The summed E-state index contributed by atoms with van der Waals surface area (Å²) in [7, 11) is 0. The second kappa shape index (κ2) is 12.6. The summed E-state index contributed by atoms with van der Waals surface area (Å²) in [5.41, 5.74) is 0.153. The molecule has 1 amide bonds. The van der Waals surface area contributed by atoms with Gasteiger partial charge in [-0.25, -0.2) is 8.78 Å². The van der Waals surface area contributed by atoms with Gasteiger partial charge in [0.15, 0.2) is 0 Å². The van der Waals surface area contributed by atoms with Gasteiger partial charge in [0.25, 0.3) is 11.7 Å². The number of hydrogen-bond acceptors (Lipinski definition) is 4. The van der Waals surface area contributed by atoms with Gasteiger partial charge in [0.2, 0.25) is 0 Å². The van der Waals surface area contributed by atoms with E-state index in [0.29, 0.717) is 6.42 Å². The highest BCUT2D eigenvalue weighted by Gasteiger charge is 2.46. The molecule has 2 aromatic carbocycles. The number of halogens is 2. The number of rotatable bonds is 12. The number of carbonyl (C=O) groups excluding carboxylic acids is 2. The maximum Gasteiger partial charge on any atom is 0.295 e. The molecule has 0 unspecified atom stereocenters. The van der Waals surface area contributed by atoms with Crippen molar-refractivity contribution in [2.45, 2.75) is 52.0 Å². The van der Waals surface area contributed by atoms with Crippen molar-refractivity contribution in [3.63, 3.8) is 0 Å². The minimum absolute atomic E-state index is 0.143. The SMILES string of the molecule is CCCCN(CCCC)CCCN1C(=O)C(=O)C(=C(O)c2ccc(F)cc2)[C@H]1c1ccccc1F. The van der Waals surface area contributed by atoms with Crippen LogP contribution in [0.3, 0.4) is 0 Å². The number of unbranched alkanes of at least 4 members (excludes halogenated alkanes) is 2. The molecular weight excluding hydrogens is 450 g/mol. The molecule has 1 atom stereocenters. The van der Waals surface area contributed by atoms with Crippen LogP contribution in [0.4, 0.5) is 8.78 Å². The van der Waals surface area contributed by atoms with Gasteiger partial charge in [0.1, 0.15) is 17.4 Å². The van der Waals surface area contributed by atoms with E-state index in [1.165, 1.54) is 35.2 Å². The van der Waals surface area contributed by atoms with Crippen molar-refractivity contribution in [3.8, 4) is 0 Å². The van der Waals surface area contributed by atoms with Crippen LogP contribution in [0, 0.1) is 11.6 Å². The molecule has 188 valence electrons. The number of amides is 1. The molecule has 1 aliphatic rings. The molecule has 0 bridgehead atoms. The summed E-state index contributed by atoms with van der Waals surface area (Å²) < 4.78 is 28.3. The van der Waals surface area contributed by atoms with Crippen molar-refractivity contribution in [2.24, 2.45) is 0 Å². The lowest BCUT2D eigenvalue weighted by molar-refractivity contribution is -0.140. The van der Waals surface area contributed by atoms with Crippen LogP contribution in [0.1, 0.15) is 63.1 Å². The smallest absolute Gasteiger partial charge is 0.295 e. The molecule has 1 N–H and O–H groups in total. The molecule has 0 aliphatic carbocycles. The lowest BCUT2D eigenvalue weighted by Gasteiger charge is -2.27. The van der Waals surface area contributed by atoms with Crippen LogP contribution in [0.15, 0.2) is 54.1 Å². The van der Waals surface area contributed by atoms with Gasteiger partial charge in [-0.3, -0.25) is 9.59 Å². The van der Waals surface area contributed by atoms with Crippen molar-refractivity contribution in [3.05, 3.63) is 76.9 Å². The molecule has 1 fully saturated rings. The maximum absolute atomic E-state index is 14.9. The predicted molar refractivity (Wildman–Crippen MR) is 133 cm³/mol. The van der Waals surface area contributed by atoms with Gasteiger partial charge in [0, 0.05) is 17.7 Å². The Bertz CT molecular complexity index is 1040. The van der Waals surface area contributed by atoms with E-state index in [4.69, 9.17) is 0 Å². The molecule has 1 heterocycles. The maximum atomic E-state index is 14.9. The Morgan fingerprint density at radius 2 is 1.51 bits per heavy atom. The summed E-state index contributed by atoms with van der Waals surface area (Å²) in [6.45, 7) is 7.23. The van der Waals surface area contributed by atoms with E-state index in [1.807, 2.05) is 0 Å². The first kappa shape index (κ1) is 26.5. The molecule has 0 saturated carbocycles. The first-order valence-electron chi connectivity index (χ1n) is 12.4. The van der Waals surface area contributed by atoms with Crippen LogP contribution in [0.5, 0.6) is 0 Å². The monoisotopic (exact) mass is 484 g/mol. The quantitative estimate of drug-likeness (QED) is 0.239. The van der Waals surface area contributed by atoms with Gasteiger partial charge < -0.3 is 14.9 Å². The topological polar surface area (TPSA) is 60.9 Å². The van der Waals surface area contributed by atoms with Gasteiger partial charge in [-0.15, -0.1) is 0 Å². The number of Topliss-reactive ketones (excluding diaryl/α,β-unsaturated/α-hetero) is 1. The molecule has 5 nitrogen and oxygen atoms in total. The average Bonchev–Trinajstić information content (AvgIpc) is 3.10. The fraction of sp³-hybridized carbons (Fsp3) is 0.429. The van der Waals surface area contributed by atoms with Crippen molar-refractivity contribution in [1.82, 2.24) is 9.80 Å². The summed E-state index contributed by atoms with van der Waals surface area (Å²) in [6, 6.07) is 9.87. The fourth-order valence-electron chi connectivity index (χ4n) is 4.46. The highest BCUT2D eigenvalue weighted by atomic mass is 19.1. The predicted octanol–water partition coefficient (Wildman–Crippen LogP) is 5.68. The van der Waals surface area contributed by atoms with Crippen LogP contribution < -0.4 is 0 Å². The summed E-state index contributed by atoms with van der Waals surface area (Å²) in [5.74, 6) is -3.14. The lowest BCUT2D eigenvalue weighted by atomic mass is 9.95. The van der Waals surface area contributed by atoms with Gasteiger partial charge in [-0.2, -0.15) is 0 Å². The number of hydrogen-bond donors (Lipinski definition) is 1. The van der Waals surface area contributed by atoms with Gasteiger partial charge in [-0.1, -0.05) is 44.9 Å².